The van der Waals surface area contributed by atoms with Gasteiger partial charge >= 0.3 is 12.6 Å². The monoisotopic (exact) mass is 525 g/mol. The van der Waals surface area contributed by atoms with Crippen LogP contribution in [0.1, 0.15) is 6.92 Å². The second-order valence-electron chi connectivity index (χ2n) is 8.61. The van der Waals surface area contributed by atoms with Gasteiger partial charge in [-0.25, -0.2) is 4.79 Å². The lowest BCUT2D eigenvalue weighted by atomic mass is 10.0. The van der Waals surface area contributed by atoms with E-state index >= 15 is 0 Å². The molecule has 0 aliphatic carbocycles. The van der Waals surface area contributed by atoms with Gasteiger partial charge in [-0.1, -0.05) is 54.6 Å². The van der Waals surface area contributed by atoms with E-state index in [2.05, 4.69) is 44.2 Å². The van der Waals surface area contributed by atoms with Crippen molar-refractivity contribution in [3.8, 4) is 17.0 Å². The van der Waals surface area contributed by atoms with E-state index < -0.39 is 6.61 Å². The standard InChI is InChI=1S/C27H25F2N5O2.ClH/c1-18-17-33(27(35)30-20-11-13-21(14-12-20)36-26(28)29)15-16-34(18)25-23-10-6-5-9-22(23)24(31-32-25)19-7-3-2-4-8-19;/h2-14,18,26H,15-17H2,1H3,(H,30,35);1H/t18-;/m0./s1. The number of benzene rings is 3. The fraction of sp³-hybridized carbons (Fsp3) is 0.222. The van der Waals surface area contributed by atoms with Crippen molar-refractivity contribution in [1.82, 2.24) is 15.1 Å². The van der Waals surface area contributed by atoms with Gasteiger partial charge < -0.3 is 19.9 Å². The molecule has 37 heavy (non-hydrogen) atoms. The van der Waals surface area contributed by atoms with E-state index in [9.17, 15) is 13.6 Å². The van der Waals surface area contributed by atoms with Gasteiger partial charge in [-0.15, -0.1) is 22.6 Å². The SMILES string of the molecule is C[C@H]1CN(C(=O)Nc2ccc(OC(F)F)cc2)CCN1c1nnc(-c2ccccc2)c2ccccc12.Cl. The Morgan fingerprint density at radius 2 is 1.62 bits per heavy atom. The maximum Gasteiger partial charge on any atom is 0.387 e. The van der Waals surface area contributed by atoms with Crippen LogP contribution in [0.15, 0.2) is 78.9 Å². The van der Waals surface area contributed by atoms with Crippen LogP contribution in [-0.4, -0.2) is 53.4 Å². The van der Waals surface area contributed by atoms with Crippen molar-refractivity contribution in [2.24, 2.45) is 0 Å². The summed E-state index contributed by atoms with van der Waals surface area (Å²) in [5, 5.41) is 14.1. The second kappa shape index (κ2) is 11.4. The lowest BCUT2D eigenvalue weighted by Gasteiger charge is -2.40. The number of amides is 2. The number of fused-ring (bicyclic) bond motifs is 1. The molecule has 1 saturated heterocycles. The highest BCUT2D eigenvalue weighted by atomic mass is 35.5. The molecule has 2 heterocycles. The Kier molecular flexibility index (Phi) is 8.03. The maximum absolute atomic E-state index is 12.8. The number of rotatable bonds is 5. The summed E-state index contributed by atoms with van der Waals surface area (Å²) in [6.07, 6.45) is 0. The highest BCUT2D eigenvalue weighted by Gasteiger charge is 2.29. The molecule has 0 radical (unpaired) electrons. The minimum absolute atomic E-state index is 0. The predicted molar refractivity (Wildman–Crippen MR) is 143 cm³/mol. The minimum atomic E-state index is -2.89. The van der Waals surface area contributed by atoms with Gasteiger partial charge in [0.15, 0.2) is 5.82 Å². The number of ether oxygens (including phenoxy) is 1. The topological polar surface area (TPSA) is 70.6 Å². The molecule has 7 nitrogen and oxygen atoms in total. The summed E-state index contributed by atoms with van der Waals surface area (Å²) in [7, 11) is 0. The fourth-order valence-electron chi connectivity index (χ4n) is 4.49. The van der Waals surface area contributed by atoms with E-state index in [-0.39, 0.29) is 30.2 Å². The first-order chi connectivity index (χ1) is 17.5. The number of carbonyl (C=O) groups excluding carboxylic acids is 1. The van der Waals surface area contributed by atoms with Crippen LogP contribution in [0.4, 0.5) is 25.1 Å². The minimum Gasteiger partial charge on any atom is -0.435 e. The van der Waals surface area contributed by atoms with E-state index in [1.54, 1.807) is 4.90 Å². The van der Waals surface area contributed by atoms with Crippen LogP contribution in [0.2, 0.25) is 0 Å². The molecular weight excluding hydrogens is 500 g/mol. The Balaban J connectivity index is 0.00000320. The number of urea groups is 1. The molecule has 0 spiro atoms. The van der Waals surface area contributed by atoms with Crippen LogP contribution < -0.4 is 15.0 Å². The number of hydrogen-bond donors (Lipinski definition) is 1. The van der Waals surface area contributed by atoms with Gasteiger partial charge in [-0.2, -0.15) is 8.78 Å². The number of hydrogen-bond acceptors (Lipinski definition) is 5. The molecule has 1 atom stereocenters. The Morgan fingerprint density at radius 1 is 0.946 bits per heavy atom. The van der Waals surface area contributed by atoms with Gasteiger partial charge in [0, 0.05) is 47.7 Å². The molecule has 1 fully saturated rings. The molecule has 192 valence electrons. The summed E-state index contributed by atoms with van der Waals surface area (Å²) < 4.78 is 29.0. The molecule has 1 aliphatic rings. The Hall–Kier alpha value is -3.98. The van der Waals surface area contributed by atoms with Crippen molar-refractivity contribution < 1.29 is 18.3 Å². The molecule has 0 unspecified atom stereocenters. The summed E-state index contributed by atoms with van der Waals surface area (Å²) in [5.74, 6) is 0.837. The van der Waals surface area contributed by atoms with Crippen LogP contribution in [-0.2, 0) is 0 Å². The summed E-state index contributed by atoms with van der Waals surface area (Å²) in [6.45, 7) is 0.754. The number of alkyl halides is 2. The first kappa shape index (κ1) is 26.1. The van der Waals surface area contributed by atoms with Gasteiger partial charge in [0.05, 0.1) is 0 Å². The number of halogens is 3. The van der Waals surface area contributed by atoms with Crippen LogP contribution in [0.3, 0.4) is 0 Å². The Labute approximate surface area is 219 Å². The average Bonchev–Trinajstić information content (AvgIpc) is 2.89. The van der Waals surface area contributed by atoms with E-state index in [1.807, 2.05) is 42.5 Å². The average molecular weight is 526 g/mol. The van der Waals surface area contributed by atoms with Crippen molar-refractivity contribution in [2.75, 3.05) is 29.9 Å². The van der Waals surface area contributed by atoms with Crippen molar-refractivity contribution in [2.45, 2.75) is 19.6 Å². The van der Waals surface area contributed by atoms with E-state index in [4.69, 9.17) is 0 Å². The number of nitrogens with zero attached hydrogens (tertiary/aromatic N) is 4. The normalized spacial score (nSPS) is 15.4. The van der Waals surface area contributed by atoms with Crippen molar-refractivity contribution in [3.05, 3.63) is 78.9 Å². The van der Waals surface area contributed by atoms with Gasteiger partial charge in [0.1, 0.15) is 11.4 Å². The van der Waals surface area contributed by atoms with Gasteiger partial charge in [-0.3, -0.25) is 0 Å². The molecule has 1 aliphatic heterocycles. The van der Waals surface area contributed by atoms with Crippen molar-refractivity contribution >= 4 is 40.7 Å². The molecule has 1 N–H and O–H groups in total. The number of piperazine rings is 1. The molecule has 0 bridgehead atoms. The highest BCUT2D eigenvalue weighted by Crippen LogP contribution is 2.32. The zero-order valence-electron chi connectivity index (χ0n) is 20.1. The zero-order valence-corrected chi connectivity index (χ0v) is 20.9. The molecule has 10 heteroatoms. The first-order valence-electron chi connectivity index (χ1n) is 11.7. The van der Waals surface area contributed by atoms with E-state index in [0.717, 1.165) is 27.8 Å². The largest absolute Gasteiger partial charge is 0.435 e. The lowest BCUT2D eigenvalue weighted by Crippen LogP contribution is -2.55. The van der Waals surface area contributed by atoms with Crippen LogP contribution in [0, 0.1) is 0 Å². The van der Waals surface area contributed by atoms with Gasteiger partial charge in [-0.05, 0) is 31.2 Å². The Bertz CT molecular complexity index is 1360. The molecule has 4 aromatic rings. The fourth-order valence-corrected chi connectivity index (χ4v) is 4.49. The van der Waals surface area contributed by atoms with Gasteiger partial charge in [0.25, 0.3) is 0 Å². The number of anilines is 2. The summed E-state index contributed by atoms with van der Waals surface area (Å²) in [4.78, 5) is 16.8. The summed E-state index contributed by atoms with van der Waals surface area (Å²) >= 11 is 0. The molecule has 3 aromatic carbocycles. The molecule has 1 aromatic heterocycles. The molecular formula is C27H26ClF2N5O2. The van der Waals surface area contributed by atoms with E-state index in [0.29, 0.717) is 25.3 Å². The first-order valence-corrected chi connectivity index (χ1v) is 11.7. The van der Waals surface area contributed by atoms with Crippen LogP contribution >= 0.6 is 12.4 Å². The third-order valence-electron chi connectivity index (χ3n) is 6.23. The van der Waals surface area contributed by atoms with Crippen molar-refractivity contribution in [3.63, 3.8) is 0 Å². The molecule has 0 saturated carbocycles. The third kappa shape index (κ3) is 5.72. The highest BCUT2D eigenvalue weighted by molar-refractivity contribution is 6.00. The Morgan fingerprint density at radius 3 is 2.30 bits per heavy atom. The number of nitrogens with one attached hydrogen (secondary N) is 1. The maximum atomic E-state index is 12.8. The van der Waals surface area contributed by atoms with Crippen molar-refractivity contribution in [1.29, 1.82) is 0 Å². The lowest BCUT2D eigenvalue weighted by molar-refractivity contribution is -0.0498. The van der Waals surface area contributed by atoms with Gasteiger partial charge in [0.2, 0.25) is 0 Å². The number of aromatic nitrogens is 2. The summed E-state index contributed by atoms with van der Waals surface area (Å²) in [6, 6.07) is 23.7. The smallest absolute Gasteiger partial charge is 0.387 e. The quantitative estimate of drug-likeness (QED) is 0.343. The molecule has 2 amide bonds. The van der Waals surface area contributed by atoms with Crippen LogP contribution in [0.25, 0.3) is 22.0 Å². The van der Waals surface area contributed by atoms with E-state index in [1.165, 1.54) is 24.3 Å². The predicted octanol–water partition coefficient (Wildman–Crippen LogP) is 6.06. The molecule has 5 rings (SSSR count). The van der Waals surface area contributed by atoms with Crippen LogP contribution in [0.5, 0.6) is 5.75 Å². The number of carbonyl (C=O) groups is 1. The second-order valence-corrected chi connectivity index (χ2v) is 8.61. The third-order valence-corrected chi connectivity index (χ3v) is 6.23. The zero-order chi connectivity index (χ0) is 25.1. The summed E-state index contributed by atoms with van der Waals surface area (Å²) in [5.41, 5.74) is 2.35.